The highest BCUT2D eigenvalue weighted by atomic mass is 16.5. The standard InChI is InChI=1S/C26H42N4O2/c1-7-9-10-22-23(19-29(8-2)15-13-20(3)18-26(4,5)6)30-16-14-21(17-24(30)27-22)11-12-25(31)28-32/h11-12,14,16-17,20,32H,7-10,13,15,18-19H2,1-6H3,(H,28,31). The number of imidazole rings is 1. The number of aromatic nitrogens is 2. The molecule has 6 heteroatoms. The number of hydrogen-bond donors (Lipinski definition) is 2. The molecule has 1 unspecified atom stereocenters. The lowest BCUT2D eigenvalue weighted by Crippen LogP contribution is -2.27. The van der Waals surface area contributed by atoms with Crippen molar-refractivity contribution in [3.8, 4) is 0 Å². The topological polar surface area (TPSA) is 69.9 Å². The fourth-order valence-corrected chi connectivity index (χ4v) is 4.30. The van der Waals surface area contributed by atoms with Gasteiger partial charge in [-0.15, -0.1) is 0 Å². The summed E-state index contributed by atoms with van der Waals surface area (Å²) >= 11 is 0. The first-order valence-electron chi connectivity index (χ1n) is 12.0. The van der Waals surface area contributed by atoms with E-state index in [2.05, 4.69) is 50.8 Å². The van der Waals surface area contributed by atoms with E-state index in [9.17, 15) is 4.79 Å². The summed E-state index contributed by atoms with van der Waals surface area (Å²) in [5.41, 5.74) is 6.20. The average molecular weight is 443 g/mol. The van der Waals surface area contributed by atoms with Crippen LogP contribution in [-0.4, -0.2) is 38.5 Å². The van der Waals surface area contributed by atoms with Gasteiger partial charge in [-0.2, -0.15) is 0 Å². The summed E-state index contributed by atoms with van der Waals surface area (Å²) in [5, 5.41) is 8.68. The molecular formula is C26H42N4O2. The van der Waals surface area contributed by atoms with Crippen LogP contribution in [0.3, 0.4) is 0 Å². The summed E-state index contributed by atoms with van der Waals surface area (Å²) in [4.78, 5) is 18.8. The van der Waals surface area contributed by atoms with Gasteiger partial charge in [-0.1, -0.05) is 48.0 Å². The van der Waals surface area contributed by atoms with E-state index in [1.165, 1.54) is 30.3 Å². The van der Waals surface area contributed by atoms with Crippen molar-refractivity contribution in [1.29, 1.82) is 0 Å². The average Bonchev–Trinajstić information content (AvgIpc) is 3.08. The SMILES string of the molecule is CCCCc1nc2cc(C=CC(=O)NO)ccn2c1CN(CC)CCC(C)CC(C)(C)C. The van der Waals surface area contributed by atoms with E-state index < -0.39 is 5.91 Å². The van der Waals surface area contributed by atoms with Crippen molar-refractivity contribution in [1.82, 2.24) is 19.8 Å². The largest absolute Gasteiger partial charge is 0.302 e. The Hall–Kier alpha value is -2.18. The van der Waals surface area contributed by atoms with E-state index in [-0.39, 0.29) is 0 Å². The highest BCUT2D eigenvalue weighted by Crippen LogP contribution is 2.26. The highest BCUT2D eigenvalue weighted by molar-refractivity contribution is 5.90. The van der Waals surface area contributed by atoms with Crippen LogP contribution in [0, 0.1) is 11.3 Å². The maximum absolute atomic E-state index is 11.3. The van der Waals surface area contributed by atoms with Crippen molar-refractivity contribution in [2.45, 2.75) is 80.2 Å². The zero-order valence-electron chi connectivity index (χ0n) is 20.8. The number of carbonyl (C=O) groups is 1. The Morgan fingerprint density at radius 1 is 1.34 bits per heavy atom. The predicted octanol–water partition coefficient (Wildman–Crippen LogP) is 5.48. The van der Waals surface area contributed by atoms with Gasteiger partial charge in [-0.25, -0.2) is 10.5 Å². The van der Waals surface area contributed by atoms with Gasteiger partial charge in [-0.05, 0) is 73.9 Å². The van der Waals surface area contributed by atoms with Crippen LogP contribution in [0.4, 0.5) is 0 Å². The highest BCUT2D eigenvalue weighted by Gasteiger charge is 2.18. The number of fused-ring (bicyclic) bond motifs is 1. The number of unbranched alkanes of at least 4 members (excludes halogenated alkanes) is 1. The van der Waals surface area contributed by atoms with Crippen LogP contribution < -0.4 is 5.48 Å². The number of nitrogens with zero attached hydrogens (tertiary/aromatic N) is 3. The third-order valence-corrected chi connectivity index (χ3v) is 5.86. The van der Waals surface area contributed by atoms with Crippen LogP contribution in [-0.2, 0) is 17.8 Å². The number of rotatable bonds is 12. The number of carbonyl (C=O) groups excluding carboxylic acids is 1. The summed E-state index contributed by atoms with van der Waals surface area (Å²) in [6, 6.07) is 3.96. The summed E-state index contributed by atoms with van der Waals surface area (Å²) < 4.78 is 2.19. The second-order valence-electron chi connectivity index (χ2n) is 10.1. The van der Waals surface area contributed by atoms with E-state index in [4.69, 9.17) is 10.2 Å². The third kappa shape index (κ3) is 8.06. The quantitative estimate of drug-likeness (QED) is 0.259. The van der Waals surface area contributed by atoms with Crippen LogP contribution in [0.25, 0.3) is 11.7 Å². The third-order valence-electron chi connectivity index (χ3n) is 5.86. The van der Waals surface area contributed by atoms with Crippen LogP contribution in [0.5, 0.6) is 0 Å². The number of amides is 1. The van der Waals surface area contributed by atoms with Crippen molar-refractivity contribution in [2.75, 3.05) is 13.1 Å². The van der Waals surface area contributed by atoms with Gasteiger partial charge in [0, 0.05) is 18.8 Å². The first-order valence-corrected chi connectivity index (χ1v) is 12.0. The van der Waals surface area contributed by atoms with Crippen LogP contribution >= 0.6 is 0 Å². The Kier molecular flexibility index (Phi) is 9.91. The van der Waals surface area contributed by atoms with Crippen molar-refractivity contribution >= 4 is 17.6 Å². The molecule has 0 saturated carbocycles. The maximum atomic E-state index is 11.3. The Bertz CT molecular complexity index is 895. The van der Waals surface area contributed by atoms with Gasteiger partial charge in [0.25, 0.3) is 5.91 Å². The lowest BCUT2D eigenvalue weighted by atomic mass is 9.84. The molecule has 2 N–H and O–H groups in total. The fourth-order valence-electron chi connectivity index (χ4n) is 4.30. The number of nitrogens with one attached hydrogen (secondary N) is 1. The van der Waals surface area contributed by atoms with Crippen LogP contribution in [0.2, 0.25) is 0 Å². The second kappa shape index (κ2) is 12.2. The van der Waals surface area contributed by atoms with Gasteiger partial charge >= 0.3 is 0 Å². The fraction of sp³-hybridized carbons (Fsp3) is 0.615. The summed E-state index contributed by atoms with van der Waals surface area (Å²) in [6.07, 6.45) is 10.7. The maximum Gasteiger partial charge on any atom is 0.267 e. The van der Waals surface area contributed by atoms with Gasteiger partial charge in [0.1, 0.15) is 5.65 Å². The van der Waals surface area contributed by atoms with Crippen molar-refractivity contribution < 1.29 is 10.0 Å². The molecule has 0 aromatic carbocycles. The number of hydrogen-bond acceptors (Lipinski definition) is 4. The molecule has 0 aliphatic heterocycles. The molecule has 0 aliphatic rings. The monoisotopic (exact) mass is 442 g/mol. The minimum absolute atomic E-state index is 0.370. The molecule has 0 fully saturated rings. The smallest absolute Gasteiger partial charge is 0.267 e. The molecule has 32 heavy (non-hydrogen) atoms. The molecule has 2 rings (SSSR count). The van der Waals surface area contributed by atoms with E-state index in [1.807, 2.05) is 18.3 Å². The molecule has 2 aromatic rings. The minimum Gasteiger partial charge on any atom is -0.302 e. The number of pyridine rings is 1. The first-order chi connectivity index (χ1) is 15.2. The molecule has 1 atom stereocenters. The molecule has 0 radical (unpaired) electrons. The zero-order chi connectivity index (χ0) is 23.7. The molecule has 0 bridgehead atoms. The molecule has 6 nitrogen and oxygen atoms in total. The van der Waals surface area contributed by atoms with Crippen molar-refractivity contribution in [2.24, 2.45) is 11.3 Å². The Morgan fingerprint density at radius 3 is 2.72 bits per heavy atom. The molecule has 2 aromatic heterocycles. The van der Waals surface area contributed by atoms with Gasteiger partial charge in [0.2, 0.25) is 0 Å². The van der Waals surface area contributed by atoms with Crippen LogP contribution in [0.15, 0.2) is 24.4 Å². The summed E-state index contributed by atoms with van der Waals surface area (Å²) in [6.45, 7) is 16.8. The van der Waals surface area contributed by atoms with E-state index >= 15 is 0 Å². The molecule has 2 heterocycles. The van der Waals surface area contributed by atoms with E-state index in [0.29, 0.717) is 11.3 Å². The van der Waals surface area contributed by atoms with Crippen molar-refractivity contribution in [3.63, 3.8) is 0 Å². The summed E-state index contributed by atoms with van der Waals surface area (Å²) in [7, 11) is 0. The molecule has 0 spiro atoms. The van der Waals surface area contributed by atoms with Gasteiger partial charge in [0.05, 0.1) is 11.4 Å². The number of aryl methyl sites for hydroxylation is 1. The van der Waals surface area contributed by atoms with Gasteiger partial charge in [-0.3, -0.25) is 14.9 Å². The normalized spacial score (nSPS) is 13.4. The minimum atomic E-state index is -0.545. The zero-order valence-corrected chi connectivity index (χ0v) is 20.8. The Balaban J connectivity index is 2.23. The lowest BCUT2D eigenvalue weighted by molar-refractivity contribution is -0.124. The Morgan fingerprint density at radius 2 is 2.09 bits per heavy atom. The van der Waals surface area contributed by atoms with E-state index in [1.54, 1.807) is 11.6 Å². The molecular weight excluding hydrogens is 400 g/mol. The predicted molar refractivity (Wildman–Crippen MR) is 132 cm³/mol. The molecule has 178 valence electrons. The van der Waals surface area contributed by atoms with Crippen LogP contribution in [0.1, 0.15) is 84.2 Å². The first kappa shape index (κ1) is 26.1. The van der Waals surface area contributed by atoms with Gasteiger partial charge < -0.3 is 4.40 Å². The van der Waals surface area contributed by atoms with Gasteiger partial charge in [0.15, 0.2) is 0 Å². The molecule has 1 amide bonds. The van der Waals surface area contributed by atoms with Crippen molar-refractivity contribution in [3.05, 3.63) is 41.4 Å². The van der Waals surface area contributed by atoms with E-state index in [0.717, 1.165) is 50.1 Å². The second-order valence-corrected chi connectivity index (χ2v) is 10.1. The Labute approximate surface area is 193 Å². The lowest BCUT2D eigenvalue weighted by Gasteiger charge is -2.26. The summed E-state index contributed by atoms with van der Waals surface area (Å²) in [5.74, 6) is 0.160. The number of hydroxylamine groups is 1. The molecule has 0 aliphatic carbocycles. The molecule has 0 saturated heterocycles.